The van der Waals surface area contributed by atoms with Crippen LogP contribution in [-0.4, -0.2) is 21.0 Å². The number of aromatic nitrogens is 2. The predicted molar refractivity (Wildman–Crippen MR) is 71.1 cm³/mol. The van der Waals surface area contributed by atoms with Crippen molar-refractivity contribution in [2.75, 3.05) is 0 Å². The van der Waals surface area contributed by atoms with Crippen molar-refractivity contribution in [3.8, 4) is 0 Å². The molecule has 2 aliphatic rings. The molecule has 0 bridgehead atoms. The number of carboxylic acids is 1. The Bertz CT molecular complexity index is 495. The summed E-state index contributed by atoms with van der Waals surface area (Å²) in [6.45, 7) is 1.98. The Labute approximate surface area is 113 Å². The highest BCUT2D eigenvalue weighted by Crippen LogP contribution is 2.46. The number of hydrogen-bond acceptors (Lipinski definition) is 3. The summed E-state index contributed by atoms with van der Waals surface area (Å²) in [5, 5.41) is 9.02. The van der Waals surface area contributed by atoms with Gasteiger partial charge in [-0.3, -0.25) is 4.79 Å². The van der Waals surface area contributed by atoms with E-state index < -0.39 is 5.97 Å². The molecule has 19 heavy (non-hydrogen) atoms. The smallest absolute Gasteiger partial charge is 0.307 e. The third-order valence-corrected chi connectivity index (χ3v) is 4.35. The number of hydrogen-bond donors (Lipinski definition) is 1. The highest BCUT2D eigenvalue weighted by Gasteiger charge is 2.46. The molecule has 102 valence electrons. The zero-order valence-corrected chi connectivity index (χ0v) is 11.3. The van der Waals surface area contributed by atoms with Gasteiger partial charge in [0.2, 0.25) is 0 Å². The van der Waals surface area contributed by atoms with Gasteiger partial charge in [-0.15, -0.1) is 0 Å². The Balaban J connectivity index is 1.82. The van der Waals surface area contributed by atoms with Crippen LogP contribution in [0.15, 0.2) is 6.07 Å². The molecule has 3 rings (SSSR count). The van der Waals surface area contributed by atoms with Crippen molar-refractivity contribution in [3.05, 3.63) is 23.3 Å². The Kier molecular flexibility index (Phi) is 3.25. The number of aliphatic carboxylic acids is 1. The van der Waals surface area contributed by atoms with Gasteiger partial charge in [0.1, 0.15) is 5.82 Å². The first-order valence-electron chi connectivity index (χ1n) is 7.23. The van der Waals surface area contributed by atoms with Gasteiger partial charge in [-0.1, -0.05) is 19.3 Å². The summed E-state index contributed by atoms with van der Waals surface area (Å²) in [6, 6.07) is 2.08. The van der Waals surface area contributed by atoms with Crippen LogP contribution in [0.25, 0.3) is 0 Å². The lowest BCUT2D eigenvalue weighted by atomic mass is 9.86. The van der Waals surface area contributed by atoms with Crippen LogP contribution in [0.4, 0.5) is 0 Å². The van der Waals surface area contributed by atoms with E-state index in [1.807, 2.05) is 6.92 Å². The molecule has 0 aliphatic heterocycles. The normalized spacial score (nSPS) is 27.2. The van der Waals surface area contributed by atoms with Crippen LogP contribution in [0.5, 0.6) is 0 Å². The van der Waals surface area contributed by atoms with Crippen molar-refractivity contribution >= 4 is 5.97 Å². The first kappa shape index (κ1) is 12.6. The van der Waals surface area contributed by atoms with Crippen LogP contribution in [0.3, 0.4) is 0 Å². The van der Waals surface area contributed by atoms with Crippen LogP contribution in [0.1, 0.15) is 67.6 Å². The minimum Gasteiger partial charge on any atom is -0.481 e. The molecule has 0 amide bonds. The molecule has 0 radical (unpaired) electrons. The van der Waals surface area contributed by atoms with E-state index in [2.05, 4.69) is 16.0 Å². The summed E-state index contributed by atoms with van der Waals surface area (Å²) in [7, 11) is 0. The van der Waals surface area contributed by atoms with Gasteiger partial charge in [-0.25, -0.2) is 9.97 Å². The Morgan fingerprint density at radius 2 is 2.00 bits per heavy atom. The van der Waals surface area contributed by atoms with Crippen LogP contribution in [-0.2, 0) is 4.79 Å². The molecule has 2 atom stereocenters. The maximum Gasteiger partial charge on any atom is 0.307 e. The maximum atomic E-state index is 11.0. The van der Waals surface area contributed by atoms with Crippen molar-refractivity contribution in [2.45, 2.75) is 57.3 Å². The van der Waals surface area contributed by atoms with Gasteiger partial charge in [-0.2, -0.15) is 0 Å². The van der Waals surface area contributed by atoms with Gasteiger partial charge in [0.15, 0.2) is 0 Å². The lowest BCUT2D eigenvalue weighted by Gasteiger charge is -2.21. The highest BCUT2D eigenvalue weighted by atomic mass is 16.4. The average Bonchev–Trinajstić information content (AvgIpc) is 3.19. The molecule has 4 nitrogen and oxygen atoms in total. The number of carboxylic acid groups (broad SMARTS) is 1. The summed E-state index contributed by atoms with van der Waals surface area (Å²) in [5.41, 5.74) is 2.11. The highest BCUT2D eigenvalue weighted by molar-refractivity contribution is 5.74. The topological polar surface area (TPSA) is 63.1 Å². The van der Waals surface area contributed by atoms with Gasteiger partial charge in [0.05, 0.1) is 5.92 Å². The van der Waals surface area contributed by atoms with Gasteiger partial charge in [-0.05, 0) is 32.3 Å². The van der Waals surface area contributed by atoms with Crippen LogP contribution < -0.4 is 0 Å². The third-order valence-electron chi connectivity index (χ3n) is 4.35. The fourth-order valence-electron chi connectivity index (χ4n) is 3.14. The Hall–Kier alpha value is -1.45. The molecule has 1 aromatic rings. The van der Waals surface area contributed by atoms with E-state index in [4.69, 9.17) is 5.11 Å². The van der Waals surface area contributed by atoms with E-state index in [9.17, 15) is 4.79 Å². The summed E-state index contributed by atoms with van der Waals surface area (Å²) in [4.78, 5) is 20.1. The van der Waals surface area contributed by atoms with Crippen molar-refractivity contribution in [3.63, 3.8) is 0 Å². The van der Waals surface area contributed by atoms with E-state index >= 15 is 0 Å². The lowest BCUT2D eigenvalue weighted by molar-refractivity contribution is -0.138. The van der Waals surface area contributed by atoms with E-state index in [1.165, 1.54) is 32.1 Å². The number of aryl methyl sites for hydroxylation is 1. The summed E-state index contributed by atoms with van der Waals surface area (Å²) in [6.07, 6.45) is 7.01. The molecule has 2 saturated carbocycles. The SMILES string of the molecule is Cc1cc(C2CCCCC2)nc(C2CC2C(=O)O)n1. The van der Waals surface area contributed by atoms with Crippen molar-refractivity contribution in [1.29, 1.82) is 0 Å². The number of rotatable bonds is 3. The molecule has 4 heteroatoms. The fourth-order valence-corrected chi connectivity index (χ4v) is 3.14. The summed E-state index contributed by atoms with van der Waals surface area (Å²) in [5.74, 6) is 0.374. The number of carbonyl (C=O) groups is 1. The predicted octanol–water partition coefficient (Wildman–Crippen LogP) is 3.02. The van der Waals surface area contributed by atoms with E-state index in [-0.39, 0.29) is 11.8 Å². The minimum atomic E-state index is -0.714. The second kappa shape index (κ2) is 4.91. The van der Waals surface area contributed by atoms with Gasteiger partial charge < -0.3 is 5.11 Å². The Morgan fingerprint density at radius 3 is 2.63 bits per heavy atom. The van der Waals surface area contributed by atoms with Gasteiger partial charge >= 0.3 is 5.97 Å². The van der Waals surface area contributed by atoms with Crippen LogP contribution in [0.2, 0.25) is 0 Å². The zero-order chi connectivity index (χ0) is 13.4. The second-order valence-corrected chi connectivity index (χ2v) is 5.91. The Morgan fingerprint density at radius 1 is 1.26 bits per heavy atom. The van der Waals surface area contributed by atoms with Crippen LogP contribution in [0, 0.1) is 12.8 Å². The van der Waals surface area contributed by atoms with E-state index in [0.717, 1.165) is 17.2 Å². The second-order valence-electron chi connectivity index (χ2n) is 5.91. The fraction of sp³-hybridized carbons (Fsp3) is 0.667. The largest absolute Gasteiger partial charge is 0.481 e. The standard InChI is InChI=1S/C15H20N2O2/c1-9-7-13(10-5-3-2-4-6-10)17-14(16-9)11-8-12(11)15(18)19/h7,10-12H,2-6,8H2,1H3,(H,18,19). The molecular formula is C15H20N2O2. The van der Waals surface area contributed by atoms with Crippen molar-refractivity contribution < 1.29 is 9.90 Å². The third kappa shape index (κ3) is 2.62. The molecule has 0 saturated heterocycles. The first-order chi connectivity index (χ1) is 9.15. The molecule has 2 aliphatic carbocycles. The van der Waals surface area contributed by atoms with E-state index in [1.54, 1.807) is 0 Å². The van der Waals surface area contributed by atoms with Crippen molar-refractivity contribution in [1.82, 2.24) is 9.97 Å². The molecule has 0 aromatic carbocycles. The maximum absolute atomic E-state index is 11.0. The van der Waals surface area contributed by atoms with Crippen molar-refractivity contribution in [2.24, 2.45) is 5.92 Å². The number of nitrogens with zero attached hydrogens (tertiary/aromatic N) is 2. The summed E-state index contributed by atoms with van der Waals surface area (Å²) < 4.78 is 0. The average molecular weight is 260 g/mol. The van der Waals surface area contributed by atoms with Gasteiger partial charge in [0, 0.05) is 23.2 Å². The molecular weight excluding hydrogens is 240 g/mol. The van der Waals surface area contributed by atoms with E-state index in [0.29, 0.717) is 12.3 Å². The molecule has 1 N–H and O–H groups in total. The quantitative estimate of drug-likeness (QED) is 0.907. The molecule has 0 spiro atoms. The van der Waals surface area contributed by atoms with Crippen LogP contribution >= 0.6 is 0 Å². The lowest BCUT2D eigenvalue weighted by Crippen LogP contribution is -2.10. The minimum absolute atomic E-state index is 0.0414. The van der Waals surface area contributed by atoms with Gasteiger partial charge in [0.25, 0.3) is 0 Å². The molecule has 2 fully saturated rings. The zero-order valence-electron chi connectivity index (χ0n) is 11.3. The monoisotopic (exact) mass is 260 g/mol. The molecule has 1 aromatic heterocycles. The molecule has 2 unspecified atom stereocenters. The molecule has 1 heterocycles. The summed E-state index contributed by atoms with van der Waals surface area (Å²) >= 11 is 0. The first-order valence-corrected chi connectivity index (χ1v) is 7.23.